The maximum absolute atomic E-state index is 12.0. The van der Waals surface area contributed by atoms with Crippen LogP contribution in [-0.2, 0) is 0 Å². The van der Waals surface area contributed by atoms with Crippen LogP contribution in [-0.4, -0.2) is 5.78 Å². The van der Waals surface area contributed by atoms with E-state index in [4.69, 9.17) is 10.5 Å². The molecule has 0 spiro atoms. The first-order chi connectivity index (χ1) is 9.72. The van der Waals surface area contributed by atoms with Crippen LogP contribution in [0, 0.1) is 22.7 Å². The van der Waals surface area contributed by atoms with Gasteiger partial charge in [0.05, 0.1) is 23.3 Å². The molecule has 0 unspecified atom stereocenters. The Kier molecular flexibility index (Phi) is 4.07. The average Bonchev–Trinajstić information content (AvgIpc) is 2.52. The number of benzene rings is 2. The molecule has 2 aromatic rings. The lowest BCUT2D eigenvalue weighted by atomic mass is 10.1. The van der Waals surface area contributed by atoms with Crippen molar-refractivity contribution < 1.29 is 4.79 Å². The highest BCUT2D eigenvalue weighted by Crippen LogP contribution is 2.09. The summed E-state index contributed by atoms with van der Waals surface area (Å²) in [4.78, 5) is 12.0. The Morgan fingerprint density at radius 3 is 2.30 bits per heavy atom. The van der Waals surface area contributed by atoms with Crippen molar-refractivity contribution in [1.29, 1.82) is 10.5 Å². The third kappa shape index (κ3) is 3.19. The van der Waals surface area contributed by atoms with E-state index >= 15 is 0 Å². The van der Waals surface area contributed by atoms with Crippen LogP contribution in [0.3, 0.4) is 0 Å². The molecule has 20 heavy (non-hydrogen) atoms. The summed E-state index contributed by atoms with van der Waals surface area (Å²) >= 11 is 0. The number of ketones is 1. The highest BCUT2D eigenvalue weighted by molar-refractivity contribution is 6.07. The van der Waals surface area contributed by atoms with E-state index in [1.54, 1.807) is 48.5 Å². The number of carbonyl (C=O) groups excluding carboxylic acids is 1. The van der Waals surface area contributed by atoms with Gasteiger partial charge >= 0.3 is 0 Å². The van der Waals surface area contributed by atoms with Gasteiger partial charge in [0.25, 0.3) is 0 Å². The molecule has 0 saturated carbocycles. The van der Waals surface area contributed by atoms with Gasteiger partial charge in [0.15, 0.2) is 5.78 Å². The Morgan fingerprint density at radius 2 is 1.60 bits per heavy atom. The van der Waals surface area contributed by atoms with E-state index in [1.807, 2.05) is 18.2 Å². The summed E-state index contributed by atoms with van der Waals surface area (Å²) in [7, 11) is 0. The molecule has 0 radical (unpaired) electrons. The molecule has 0 fully saturated rings. The summed E-state index contributed by atoms with van der Waals surface area (Å²) in [6.45, 7) is 0. The van der Waals surface area contributed by atoms with Gasteiger partial charge in [-0.05, 0) is 35.9 Å². The number of carbonyl (C=O) groups is 1. The average molecular weight is 258 g/mol. The summed E-state index contributed by atoms with van der Waals surface area (Å²) < 4.78 is 0. The lowest BCUT2D eigenvalue weighted by molar-refractivity contribution is 0.104. The van der Waals surface area contributed by atoms with Gasteiger partial charge in [-0.15, -0.1) is 0 Å². The molecule has 2 aromatic carbocycles. The molecule has 0 aliphatic carbocycles. The zero-order chi connectivity index (χ0) is 14.4. The van der Waals surface area contributed by atoms with E-state index < -0.39 is 0 Å². The van der Waals surface area contributed by atoms with Crippen LogP contribution in [0.4, 0.5) is 0 Å². The number of rotatable bonds is 3. The molecular weight excluding hydrogens is 248 g/mol. The summed E-state index contributed by atoms with van der Waals surface area (Å²) in [5.74, 6) is -0.176. The molecule has 0 heterocycles. The quantitative estimate of drug-likeness (QED) is 0.626. The second kappa shape index (κ2) is 6.13. The molecular formula is C17H10N2O. The Labute approximate surface area is 117 Å². The third-order valence-electron chi connectivity index (χ3n) is 2.72. The second-order valence-corrected chi connectivity index (χ2v) is 4.13. The van der Waals surface area contributed by atoms with Crippen LogP contribution >= 0.6 is 0 Å². The van der Waals surface area contributed by atoms with Crippen molar-refractivity contribution in [3.8, 4) is 12.1 Å². The van der Waals surface area contributed by atoms with Crippen molar-refractivity contribution in [2.45, 2.75) is 0 Å². The van der Waals surface area contributed by atoms with Crippen molar-refractivity contribution in [1.82, 2.24) is 0 Å². The smallest absolute Gasteiger partial charge is 0.185 e. The summed E-state index contributed by atoms with van der Waals surface area (Å²) in [5, 5.41) is 17.6. The predicted octanol–water partition coefficient (Wildman–Crippen LogP) is 3.33. The van der Waals surface area contributed by atoms with Gasteiger partial charge in [-0.3, -0.25) is 4.79 Å². The zero-order valence-corrected chi connectivity index (χ0v) is 10.6. The number of allylic oxidation sites excluding steroid dienone is 1. The van der Waals surface area contributed by atoms with Gasteiger partial charge < -0.3 is 0 Å². The van der Waals surface area contributed by atoms with E-state index in [2.05, 4.69) is 0 Å². The lowest BCUT2D eigenvalue weighted by Gasteiger charge is -1.97. The summed E-state index contributed by atoms with van der Waals surface area (Å²) in [5.41, 5.74) is 2.26. The molecule has 0 aliphatic heterocycles. The molecule has 0 amide bonds. The molecule has 0 atom stereocenters. The standard InChI is InChI=1S/C17H10N2O/c18-11-14-4-1-3-13(9-14)7-8-17(20)16-6-2-5-15(10-16)12-19/h1-10H/b8-7+. The molecule has 0 aromatic heterocycles. The topological polar surface area (TPSA) is 64.7 Å². The molecule has 0 saturated heterocycles. The normalized spacial score (nSPS) is 9.90. The lowest BCUT2D eigenvalue weighted by Crippen LogP contribution is -1.94. The Balaban J connectivity index is 2.20. The summed E-state index contributed by atoms with van der Waals surface area (Å²) in [6, 6.07) is 17.6. The monoisotopic (exact) mass is 258 g/mol. The Morgan fingerprint density at radius 1 is 0.950 bits per heavy atom. The van der Waals surface area contributed by atoms with Gasteiger partial charge in [-0.25, -0.2) is 0 Å². The number of hydrogen-bond donors (Lipinski definition) is 0. The fourth-order valence-electron chi connectivity index (χ4n) is 1.72. The van der Waals surface area contributed by atoms with Gasteiger partial charge in [-0.2, -0.15) is 10.5 Å². The van der Waals surface area contributed by atoms with Crippen LogP contribution < -0.4 is 0 Å². The first kappa shape index (κ1) is 13.3. The number of nitrogens with zero attached hydrogens (tertiary/aromatic N) is 2. The van der Waals surface area contributed by atoms with Gasteiger partial charge in [0.2, 0.25) is 0 Å². The maximum atomic E-state index is 12.0. The minimum absolute atomic E-state index is 0.176. The third-order valence-corrected chi connectivity index (χ3v) is 2.72. The Bertz CT molecular complexity index is 761. The molecule has 3 nitrogen and oxygen atoms in total. The highest BCUT2D eigenvalue weighted by Gasteiger charge is 2.02. The van der Waals surface area contributed by atoms with Crippen LogP contribution in [0.15, 0.2) is 54.6 Å². The predicted molar refractivity (Wildman–Crippen MR) is 75.7 cm³/mol. The van der Waals surface area contributed by atoms with Gasteiger partial charge in [-0.1, -0.05) is 30.3 Å². The SMILES string of the molecule is N#Cc1cccc(/C=C/C(=O)c2cccc(C#N)c2)c1. The molecule has 0 aliphatic rings. The van der Waals surface area contributed by atoms with Crippen LogP contribution in [0.2, 0.25) is 0 Å². The maximum Gasteiger partial charge on any atom is 0.185 e. The second-order valence-electron chi connectivity index (χ2n) is 4.13. The minimum atomic E-state index is -0.176. The van der Waals surface area contributed by atoms with Crippen LogP contribution in [0.1, 0.15) is 27.0 Å². The van der Waals surface area contributed by atoms with E-state index in [-0.39, 0.29) is 5.78 Å². The molecule has 2 rings (SSSR count). The molecule has 0 bridgehead atoms. The fourth-order valence-corrected chi connectivity index (χ4v) is 1.72. The van der Waals surface area contributed by atoms with Crippen molar-refractivity contribution in [2.75, 3.05) is 0 Å². The number of hydrogen-bond acceptors (Lipinski definition) is 3. The van der Waals surface area contributed by atoms with Crippen molar-refractivity contribution >= 4 is 11.9 Å². The van der Waals surface area contributed by atoms with Crippen LogP contribution in [0.5, 0.6) is 0 Å². The highest BCUT2D eigenvalue weighted by atomic mass is 16.1. The van der Waals surface area contributed by atoms with Crippen molar-refractivity contribution in [3.05, 3.63) is 76.9 Å². The number of nitriles is 2. The fraction of sp³-hybridized carbons (Fsp3) is 0. The van der Waals surface area contributed by atoms with Crippen LogP contribution in [0.25, 0.3) is 6.08 Å². The molecule has 3 heteroatoms. The van der Waals surface area contributed by atoms with Gasteiger partial charge in [0, 0.05) is 5.56 Å². The Hall–Kier alpha value is -3.17. The largest absolute Gasteiger partial charge is 0.289 e. The first-order valence-corrected chi connectivity index (χ1v) is 5.95. The van der Waals surface area contributed by atoms with E-state index in [1.165, 1.54) is 6.08 Å². The molecule has 94 valence electrons. The van der Waals surface area contributed by atoms with Gasteiger partial charge in [0.1, 0.15) is 0 Å². The van der Waals surface area contributed by atoms with Crippen molar-refractivity contribution in [2.24, 2.45) is 0 Å². The van der Waals surface area contributed by atoms with E-state index in [0.29, 0.717) is 16.7 Å². The van der Waals surface area contributed by atoms with Crippen molar-refractivity contribution in [3.63, 3.8) is 0 Å². The minimum Gasteiger partial charge on any atom is -0.289 e. The van der Waals surface area contributed by atoms with E-state index in [0.717, 1.165) is 5.56 Å². The zero-order valence-electron chi connectivity index (χ0n) is 10.6. The van der Waals surface area contributed by atoms with E-state index in [9.17, 15) is 4.79 Å². The first-order valence-electron chi connectivity index (χ1n) is 5.95. The molecule has 0 N–H and O–H groups in total. The summed E-state index contributed by atoms with van der Waals surface area (Å²) in [6.07, 6.45) is 3.09.